The minimum Gasteiger partial charge on any atom is -0.481 e. The number of fused-ring (bicyclic) bond motifs is 1. The first kappa shape index (κ1) is 18.4. The number of imidazole rings is 1. The average Bonchev–Trinajstić information content (AvgIpc) is 3.08. The monoisotopic (exact) mass is 375 g/mol. The van der Waals surface area contributed by atoms with Crippen molar-refractivity contribution in [1.29, 1.82) is 0 Å². The molecule has 3 N–H and O–H groups in total. The number of carbonyl (C=O) groups is 1. The van der Waals surface area contributed by atoms with Gasteiger partial charge in [-0.25, -0.2) is 4.98 Å². The Morgan fingerprint density at radius 3 is 2.71 bits per heavy atom. The highest BCUT2D eigenvalue weighted by atomic mass is 16.4. The Labute approximate surface area is 164 Å². The highest BCUT2D eigenvalue weighted by Gasteiger charge is 2.18. The Hall–Kier alpha value is -2.92. The molecule has 0 saturated heterocycles. The SMILES string of the molecule is Cn1cc(-c2ccc3c(c2)CCCC3N)nc1-c1ccc(CCC(=O)O)cc1. The van der Waals surface area contributed by atoms with Crippen LogP contribution in [0, 0.1) is 0 Å². The quantitative estimate of drug-likeness (QED) is 0.703. The summed E-state index contributed by atoms with van der Waals surface area (Å²) in [6, 6.07) is 14.6. The van der Waals surface area contributed by atoms with E-state index in [-0.39, 0.29) is 12.5 Å². The maximum Gasteiger partial charge on any atom is 0.303 e. The third-order valence-electron chi connectivity index (χ3n) is 5.52. The molecule has 1 aliphatic rings. The van der Waals surface area contributed by atoms with Gasteiger partial charge in [0.1, 0.15) is 5.82 Å². The van der Waals surface area contributed by atoms with Crippen LogP contribution in [0.15, 0.2) is 48.7 Å². The average molecular weight is 375 g/mol. The van der Waals surface area contributed by atoms with Crippen LogP contribution in [-0.4, -0.2) is 20.6 Å². The van der Waals surface area contributed by atoms with Crippen molar-refractivity contribution in [1.82, 2.24) is 9.55 Å². The number of carboxylic acids is 1. The van der Waals surface area contributed by atoms with Gasteiger partial charge in [0.2, 0.25) is 0 Å². The summed E-state index contributed by atoms with van der Waals surface area (Å²) in [5.41, 5.74) is 13.0. The lowest BCUT2D eigenvalue weighted by atomic mass is 9.87. The van der Waals surface area contributed by atoms with Crippen molar-refractivity contribution in [2.75, 3.05) is 0 Å². The molecule has 144 valence electrons. The maximum atomic E-state index is 10.7. The smallest absolute Gasteiger partial charge is 0.303 e. The van der Waals surface area contributed by atoms with Gasteiger partial charge in [0.25, 0.3) is 0 Å². The fourth-order valence-electron chi connectivity index (χ4n) is 3.96. The highest BCUT2D eigenvalue weighted by Crippen LogP contribution is 2.32. The first-order valence-corrected chi connectivity index (χ1v) is 9.74. The van der Waals surface area contributed by atoms with Gasteiger partial charge in [0.05, 0.1) is 5.69 Å². The molecule has 1 unspecified atom stereocenters. The van der Waals surface area contributed by atoms with Crippen molar-refractivity contribution in [3.05, 3.63) is 65.4 Å². The number of aliphatic carboxylic acids is 1. The van der Waals surface area contributed by atoms with E-state index in [4.69, 9.17) is 15.8 Å². The molecular formula is C23H25N3O2. The molecule has 0 amide bonds. The van der Waals surface area contributed by atoms with Crippen molar-refractivity contribution in [2.45, 2.75) is 38.1 Å². The van der Waals surface area contributed by atoms with Crippen molar-refractivity contribution in [3.63, 3.8) is 0 Å². The van der Waals surface area contributed by atoms with Crippen LogP contribution in [-0.2, 0) is 24.7 Å². The molecule has 3 aromatic rings. The zero-order valence-corrected chi connectivity index (χ0v) is 16.1. The Balaban J connectivity index is 1.60. The van der Waals surface area contributed by atoms with E-state index in [0.717, 1.165) is 47.5 Å². The van der Waals surface area contributed by atoms with E-state index in [0.29, 0.717) is 6.42 Å². The van der Waals surface area contributed by atoms with E-state index < -0.39 is 5.97 Å². The molecule has 1 heterocycles. The van der Waals surface area contributed by atoms with E-state index in [1.165, 1.54) is 11.1 Å². The van der Waals surface area contributed by atoms with Gasteiger partial charge in [0, 0.05) is 36.8 Å². The first-order chi connectivity index (χ1) is 13.5. The number of hydrogen-bond donors (Lipinski definition) is 2. The van der Waals surface area contributed by atoms with Gasteiger partial charge in [0.15, 0.2) is 0 Å². The lowest BCUT2D eigenvalue weighted by Gasteiger charge is -2.22. The third-order valence-corrected chi connectivity index (χ3v) is 5.52. The second-order valence-corrected chi connectivity index (χ2v) is 7.56. The van der Waals surface area contributed by atoms with Crippen LogP contribution in [0.4, 0.5) is 0 Å². The maximum absolute atomic E-state index is 10.7. The largest absolute Gasteiger partial charge is 0.481 e. The number of carboxylic acid groups (broad SMARTS) is 1. The second kappa shape index (κ2) is 7.60. The summed E-state index contributed by atoms with van der Waals surface area (Å²) in [4.78, 5) is 15.6. The van der Waals surface area contributed by atoms with Crippen molar-refractivity contribution >= 4 is 5.97 Å². The third kappa shape index (κ3) is 3.71. The highest BCUT2D eigenvalue weighted by molar-refractivity contribution is 5.68. The van der Waals surface area contributed by atoms with Gasteiger partial charge in [-0.05, 0) is 48.4 Å². The Morgan fingerprint density at radius 2 is 1.96 bits per heavy atom. The van der Waals surface area contributed by atoms with Gasteiger partial charge in [-0.2, -0.15) is 0 Å². The van der Waals surface area contributed by atoms with Gasteiger partial charge in [-0.15, -0.1) is 0 Å². The summed E-state index contributed by atoms with van der Waals surface area (Å²) in [6.45, 7) is 0. The summed E-state index contributed by atoms with van der Waals surface area (Å²) in [7, 11) is 2.00. The molecule has 1 atom stereocenters. The number of aromatic nitrogens is 2. The molecule has 28 heavy (non-hydrogen) atoms. The number of nitrogens with zero attached hydrogens (tertiary/aromatic N) is 2. The molecule has 4 rings (SSSR count). The number of benzene rings is 2. The van der Waals surface area contributed by atoms with E-state index in [1.807, 2.05) is 35.9 Å². The minimum absolute atomic E-state index is 0.147. The first-order valence-electron chi connectivity index (χ1n) is 9.74. The fourth-order valence-corrected chi connectivity index (χ4v) is 3.96. The molecule has 5 heteroatoms. The summed E-state index contributed by atoms with van der Waals surface area (Å²) in [6.07, 6.45) is 6.01. The van der Waals surface area contributed by atoms with Crippen LogP contribution in [0.25, 0.3) is 22.6 Å². The van der Waals surface area contributed by atoms with E-state index >= 15 is 0 Å². The van der Waals surface area contributed by atoms with Crippen LogP contribution in [0.1, 0.15) is 42.0 Å². The number of nitrogens with two attached hydrogens (primary N) is 1. The molecule has 0 spiro atoms. The number of aryl methyl sites for hydroxylation is 3. The minimum atomic E-state index is -0.774. The Kier molecular flexibility index (Phi) is 5.01. The van der Waals surface area contributed by atoms with Crippen LogP contribution in [0.3, 0.4) is 0 Å². The topological polar surface area (TPSA) is 81.1 Å². The van der Waals surface area contributed by atoms with E-state index in [2.05, 4.69) is 24.4 Å². The molecule has 1 aromatic heterocycles. The predicted octanol–water partition coefficient (Wildman–Crippen LogP) is 4.11. The van der Waals surface area contributed by atoms with Crippen molar-refractivity contribution in [3.8, 4) is 22.6 Å². The van der Waals surface area contributed by atoms with Crippen molar-refractivity contribution in [2.24, 2.45) is 12.8 Å². The number of hydrogen-bond acceptors (Lipinski definition) is 3. The fraction of sp³-hybridized carbons (Fsp3) is 0.304. The standard InChI is InChI=1S/C23H25N3O2/c1-26-14-21(18-10-11-19-17(13-18)3-2-4-20(19)24)25-23(26)16-8-5-15(6-9-16)7-12-22(27)28/h5-6,8-11,13-14,20H,2-4,7,12,24H2,1H3,(H,27,28). The molecule has 1 aliphatic carbocycles. The molecule has 0 fully saturated rings. The van der Waals surface area contributed by atoms with E-state index in [1.54, 1.807) is 0 Å². The van der Waals surface area contributed by atoms with Gasteiger partial charge >= 0.3 is 5.97 Å². The molecular weight excluding hydrogens is 350 g/mol. The predicted molar refractivity (Wildman–Crippen MR) is 110 cm³/mol. The summed E-state index contributed by atoms with van der Waals surface area (Å²) >= 11 is 0. The number of rotatable bonds is 5. The van der Waals surface area contributed by atoms with Crippen LogP contribution >= 0.6 is 0 Å². The normalized spacial score (nSPS) is 16.0. The van der Waals surface area contributed by atoms with Gasteiger partial charge < -0.3 is 15.4 Å². The molecule has 0 saturated carbocycles. The summed E-state index contributed by atoms with van der Waals surface area (Å²) < 4.78 is 2.03. The molecule has 2 aromatic carbocycles. The Bertz CT molecular complexity index is 1010. The van der Waals surface area contributed by atoms with Crippen LogP contribution < -0.4 is 5.73 Å². The lowest BCUT2D eigenvalue weighted by molar-refractivity contribution is -0.136. The molecule has 0 bridgehead atoms. The van der Waals surface area contributed by atoms with Gasteiger partial charge in [-0.1, -0.05) is 36.4 Å². The van der Waals surface area contributed by atoms with Gasteiger partial charge in [-0.3, -0.25) is 4.79 Å². The van der Waals surface area contributed by atoms with Crippen LogP contribution in [0.2, 0.25) is 0 Å². The lowest BCUT2D eigenvalue weighted by Crippen LogP contribution is -2.17. The molecule has 5 nitrogen and oxygen atoms in total. The molecule has 0 radical (unpaired) electrons. The summed E-state index contributed by atoms with van der Waals surface area (Å²) in [5.74, 6) is 0.123. The Morgan fingerprint density at radius 1 is 1.21 bits per heavy atom. The summed E-state index contributed by atoms with van der Waals surface area (Å²) in [5, 5.41) is 8.82. The van der Waals surface area contributed by atoms with Crippen LogP contribution in [0.5, 0.6) is 0 Å². The van der Waals surface area contributed by atoms with Crippen molar-refractivity contribution < 1.29 is 9.90 Å². The second-order valence-electron chi connectivity index (χ2n) is 7.56. The van der Waals surface area contributed by atoms with E-state index in [9.17, 15) is 4.79 Å². The molecule has 0 aliphatic heterocycles. The zero-order valence-electron chi connectivity index (χ0n) is 16.1. The zero-order chi connectivity index (χ0) is 19.7.